The van der Waals surface area contributed by atoms with Crippen molar-refractivity contribution in [3.63, 3.8) is 0 Å². The molecule has 9 nitrogen and oxygen atoms in total. The summed E-state index contributed by atoms with van der Waals surface area (Å²) in [5, 5.41) is 5.33. The van der Waals surface area contributed by atoms with Crippen molar-refractivity contribution in [2.45, 2.75) is 46.0 Å². The molecule has 2 aromatic rings. The van der Waals surface area contributed by atoms with E-state index in [1.54, 1.807) is 48.5 Å². The molecular weight excluding hydrogens is 452 g/mol. The highest BCUT2D eigenvalue weighted by Gasteiger charge is 2.11. The van der Waals surface area contributed by atoms with Gasteiger partial charge < -0.3 is 24.8 Å². The zero-order valence-corrected chi connectivity index (χ0v) is 20.1. The van der Waals surface area contributed by atoms with Crippen LogP contribution >= 0.6 is 0 Å². The van der Waals surface area contributed by atoms with Gasteiger partial charge in [0.15, 0.2) is 6.61 Å². The third kappa shape index (κ3) is 10.7. The minimum Gasteiger partial charge on any atom is -0.494 e. The molecule has 2 N–H and O–H groups in total. The summed E-state index contributed by atoms with van der Waals surface area (Å²) < 4.78 is 15.4. The van der Waals surface area contributed by atoms with E-state index in [4.69, 9.17) is 14.2 Å². The third-order valence-corrected chi connectivity index (χ3v) is 4.73. The van der Waals surface area contributed by atoms with Gasteiger partial charge >= 0.3 is 11.9 Å². The van der Waals surface area contributed by atoms with E-state index < -0.39 is 24.5 Å². The van der Waals surface area contributed by atoms with Crippen LogP contribution in [0.15, 0.2) is 48.5 Å². The Balaban J connectivity index is 1.62. The van der Waals surface area contributed by atoms with Gasteiger partial charge in [-0.05, 0) is 68.3 Å². The fourth-order valence-corrected chi connectivity index (χ4v) is 2.92. The number of carbonyl (C=O) groups excluding carboxylic acids is 4. The van der Waals surface area contributed by atoms with E-state index in [0.717, 1.165) is 12.8 Å². The Hall–Kier alpha value is -3.88. The van der Waals surface area contributed by atoms with Crippen molar-refractivity contribution in [1.29, 1.82) is 0 Å². The Morgan fingerprint density at radius 1 is 0.743 bits per heavy atom. The van der Waals surface area contributed by atoms with Crippen LogP contribution in [0.25, 0.3) is 0 Å². The molecule has 188 valence electrons. The Bertz CT molecular complexity index is 972. The Labute approximate surface area is 205 Å². The summed E-state index contributed by atoms with van der Waals surface area (Å²) in [6, 6.07) is 13.2. The molecule has 0 heterocycles. The molecule has 2 amide bonds. The standard InChI is InChI=1S/C26H32N2O7/c1-3-5-17-34-26(32)19-9-11-20(12-10-19)27-23(29)7-6-8-25(31)35-18-24(30)28-21-13-15-22(16-14-21)33-4-2/h9-16H,3-8,17-18H2,1-2H3,(H,27,29)(H,28,30). The second-order valence-corrected chi connectivity index (χ2v) is 7.63. The highest BCUT2D eigenvalue weighted by molar-refractivity contribution is 5.94. The van der Waals surface area contributed by atoms with Crippen molar-refractivity contribution >= 4 is 35.1 Å². The van der Waals surface area contributed by atoms with Gasteiger partial charge in [-0.15, -0.1) is 0 Å². The second-order valence-electron chi connectivity index (χ2n) is 7.63. The van der Waals surface area contributed by atoms with Gasteiger partial charge in [-0.2, -0.15) is 0 Å². The van der Waals surface area contributed by atoms with Crippen LogP contribution in [0.3, 0.4) is 0 Å². The lowest BCUT2D eigenvalue weighted by atomic mass is 10.2. The summed E-state index contributed by atoms with van der Waals surface area (Å²) in [6.07, 6.45) is 2.13. The fraction of sp³-hybridized carbons (Fsp3) is 0.385. The smallest absolute Gasteiger partial charge is 0.338 e. The molecule has 35 heavy (non-hydrogen) atoms. The van der Waals surface area contributed by atoms with Gasteiger partial charge in [-0.25, -0.2) is 4.79 Å². The molecule has 0 saturated heterocycles. The molecule has 9 heteroatoms. The summed E-state index contributed by atoms with van der Waals surface area (Å²) in [6.45, 7) is 4.41. The molecule has 0 spiro atoms. The van der Waals surface area contributed by atoms with Crippen molar-refractivity contribution in [3.8, 4) is 5.75 Å². The van der Waals surface area contributed by atoms with Crippen molar-refractivity contribution < 1.29 is 33.4 Å². The van der Waals surface area contributed by atoms with E-state index in [9.17, 15) is 19.2 Å². The largest absolute Gasteiger partial charge is 0.494 e. The molecule has 2 rings (SSSR count). The molecule has 0 atom stereocenters. The van der Waals surface area contributed by atoms with E-state index in [-0.39, 0.29) is 25.2 Å². The van der Waals surface area contributed by atoms with Gasteiger partial charge in [-0.3, -0.25) is 14.4 Å². The number of unbranched alkanes of at least 4 members (excludes halogenated alkanes) is 1. The number of carbonyl (C=O) groups is 4. The van der Waals surface area contributed by atoms with Gasteiger partial charge in [0.25, 0.3) is 5.91 Å². The molecular formula is C26H32N2O7. The first kappa shape index (κ1) is 27.4. The molecule has 0 radical (unpaired) electrons. The summed E-state index contributed by atoms with van der Waals surface area (Å²) in [4.78, 5) is 47.8. The summed E-state index contributed by atoms with van der Waals surface area (Å²) in [5.41, 5.74) is 1.51. The zero-order valence-electron chi connectivity index (χ0n) is 20.1. The number of rotatable bonds is 14. The lowest BCUT2D eigenvalue weighted by molar-refractivity contribution is -0.147. The third-order valence-electron chi connectivity index (χ3n) is 4.73. The van der Waals surface area contributed by atoms with Crippen LogP contribution in [0.1, 0.15) is 56.3 Å². The number of benzene rings is 2. The average molecular weight is 485 g/mol. The maximum absolute atomic E-state index is 12.1. The van der Waals surface area contributed by atoms with Gasteiger partial charge in [0.05, 0.1) is 18.8 Å². The van der Waals surface area contributed by atoms with Gasteiger partial charge in [0, 0.05) is 24.2 Å². The van der Waals surface area contributed by atoms with E-state index in [1.165, 1.54) is 0 Å². The zero-order chi connectivity index (χ0) is 25.5. The molecule has 0 bridgehead atoms. The number of hydrogen-bond acceptors (Lipinski definition) is 7. The highest BCUT2D eigenvalue weighted by atomic mass is 16.5. The number of nitrogens with one attached hydrogen (secondary N) is 2. The Kier molecular flexibility index (Phi) is 11.8. The summed E-state index contributed by atoms with van der Waals surface area (Å²) >= 11 is 0. The van der Waals surface area contributed by atoms with E-state index in [0.29, 0.717) is 35.9 Å². The van der Waals surface area contributed by atoms with Crippen LogP contribution < -0.4 is 15.4 Å². The predicted molar refractivity (Wildman–Crippen MR) is 131 cm³/mol. The lowest BCUT2D eigenvalue weighted by Gasteiger charge is -2.08. The topological polar surface area (TPSA) is 120 Å². The fourth-order valence-electron chi connectivity index (χ4n) is 2.92. The molecule has 0 aliphatic rings. The van der Waals surface area contributed by atoms with Crippen LogP contribution in [0.4, 0.5) is 11.4 Å². The molecule has 0 aromatic heterocycles. The minimum atomic E-state index is -0.564. The van der Waals surface area contributed by atoms with Crippen LogP contribution in [-0.2, 0) is 23.9 Å². The Morgan fingerprint density at radius 3 is 2.00 bits per heavy atom. The summed E-state index contributed by atoms with van der Waals surface area (Å²) in [5.74, 6) is -1.00. The number of amides is 2. The quantitative estimate of drug-likeness (QED) is 0.302. The number of anilines is 2. The van der Waals surface area contributed by atoms with Gasteiger partial charge in [-0.1, -0.05) is 13.3 Å². The SMILES string of the molecule is CCCCOC(=O)c1ccc(NC(=O)CCCC(=O)OCC(=O)Nc2ccc(OCC)cc2)cc1. The minimum absolute atomic E-state index is 0.00624. The lowest BCUT2D eigenvalue weighted by Crippen LogP contribution is -2.21. The van der Waals surface area contributed by atoms with Crippen molar-refractivity contribution in [2.75, 3.05) is 30.5 Å². The molecule has 0 aliphatic heterocycles. The molecule has 0 fully saturated rings. The maximum atomic E-state index is 12.1. The first-order chi connectivity index (χ1) is 16.9. The van der Waals surface area contributed by atoms with E-state index >= 15 is 0 Å². The van der Waals surface area contributed by atoms with Crippen LogP contribution in [0.5, 0.6) is 5.75 Å². The van der Waals surface area contributed by atoms with Crippen LogP contribution in [-0.4, -0.2) is 43.6 Å². The predicted octanol–water partition coefficient (Wildman–Crippen LogP) is 4.33. The summed E-state index contributed by atoms with van der Waals surface area (Å²) in [7, 11) is 0. The number of hydrogen-bond donors (Lipinski definition) is 2. The van der Waals surface area contributed by atoms with E-state index in [2.05, 4.69) is 10.6 Å². The molecule has 0 saturated carbocycles. The molecule has 0 unspecified atom stereocenters. The number of esters is 2. The van der Waals surface area contributed by atoms with Crippen LogP contribution in [0, 0.1) is 0 Å². The van der Waals surface area contributed by atoms with Crippen molar-refractivity contribution in [2.24, 2.45) is 0 Å². The van der Waals surface area contributed by atoms with Crippen molar-refractivity contribution in [1.82, 2.24) is 0 Å². The second kappa shape index (κ2) is 15.1. The van der Waals surface area contributed by atoms with Gasteiger partial charge in [0.1, 0.15) is 5.75 Å². The van der Waals surface area contributed by atoms with Crippen LogP contribution in [0.2, 0.25) is 0 Å². The first-order valence-corrected chi connectivity index (χ1v) is 11.7. The molecule has 0 aliphatic carbocycles. The maximum Gasteiger partial charge on any atom is 0.338 e. The van der Waals surface area contributed by atoms with Crippen molar-refractivity contribution in [3.05, 3.63) is 54.1 Å². The normalized spacial score (nSPS) is 10.2. The number of ether oxygens (including phenoxy) is 3. The van der Waals surface area contributed by atoms with E-state index in [1.807, 2.05) is 13.8 Å². The first-order valence-electron chi connectivity index (χ1n) is 11.7. The van der Waals surface area contributed by atoms with Gasteiger partial charge in [0.2, 0.25) is 5.91 Å². The Morgan fingerprint density at radius 2 is 1.37 bits per heavy atom. The average Bonchev–Trinajstić information content (AvgIpc) is 2.84. The monoisotopic (exact) mass is 484 g/mol. The molecule has 2 aromatic carbocycles. The highest BCUT2D eigenvalue weighted by Crippen LogP contribution is 2.15.